The number of aromatic hydroxyl groups is 1. The van der Waals surface area contributed by atoms with E-state index in [2.05, 4.69) is 10.2 Å². The van der Waals surface area contributed by atoms with Crippen molar-refractivity contribution in [2.24, 2.45) is 0 Å². The van der Waals surface area contributed by atoms with E-state index in [4.69, 9.17) is 11.6 Å². The largest absolute Gasteiger partial charge is 0.507 e. The zero-order valence-electron chi connectivity index (χ0n) is 13.7. The Morgan fingerprint density at radius 1 is 1.19 bits per heavy atom. The lowest BCUT2D eigenvalue weighted by atomic mass is 9.96. The van der Waals surface area contributed by atoms with Crippen molar-refractivity contribution >= 4 is 17.5 Å². The summed E-state index contributed by atoms with van der Waals surface area (Å²) in [6.45, 7) is 0.0190. The maximum absolute atomic E-state index is 12.8. The predicted octanol–water partition coefficient (Wildman–Crippen LogP) is 2.97. The normalized spacial score (nSPS) is 16.2. The number of aliphatic hydroxyl groups is 1. The van der Waals surface area contributed by atoms with Gasteiger partial charge in [0.25, 0.3) is 5.91 Å². The minimum atomic E-state index is -0.447. The number of nitrogens with one attached hydrogen (secondary N) is 1. The van der Waals surface area contributed by atoms with Crippen molar-refractivity contribution in [3.05, 3.63) is 70.4 Å². The van der Waals surface area contributed by atoms with E-state index in [0.717, 1.165) is 5.56 Å². The lowest BCUT2D eigenvalue weighted by Gasteiger charge is -2.25. The molecule has 2 aromatic carbocycles. The van der Waals surface area contributed by atoms with Gasteiger partial charge in [-0.1, -0.05) is 35.9 Å². The molecule has 1 aliphatic rings. The molecule has 0 aliphatic carbocycles. The second-order valence-electron chi connectivity index (χ2n) is 6.06. The first-order valence-corrected chi connectivity index (χ1v) is 8.53. The molecule has 0 saturated heterocycles. The number of H-pyrrole nitrogens is 1. The summed E-state index contributed by atoms with van der Waals surface area (Å²) in [6.07, 6.45) is 0. The van der Waals surface area contributed by atoms with Gasteiger partial charge in [0, 0.05) is 22.7 Å². The number of β-amino-alcohol motifs (C(OH)–C–C–N with tert-alkyl or cyclic N) is 1. The SMILES string of the molecule is O=C1c2[nH]nc(-c3ccccc3O)c2C(c2cccc(Cl)c2)N1CCO. The first kappa shape index (κ1) is 16.6. The quantitative estimate of drug-likeness (QED) is 0.659. The fourth-order valence-electron chi connectivity index (χ4n) is 3.44. The van der Waals surface area contributed by atoms with E-state index in [1.807, 2.05) is 12.1 Å². The Hall–Kier alpha value is -2.83. The van der Waals surface area contributed by atoms with Crippen LogP contribution in [0.3, 0.4) is 0 Å². The number of aromatic amines is 1. The minimum Gasteiger partial charge on any atom is -0.507 e. The number of nitrogens with zero attached hydrogens (tertiary/aromatic N) is 2. The Morgan fingerprint density at radius 2 is 2.00 bits per heavy atom. The molecule has 3 aromatic rings. The molecule has 0 radical (unpaired) electrons. The molecule has 1 amide bonds. The van der Waals surface area contributed by atoms with Gasteiger partial charge in [-0.25, -0.2) is 0 Å². The highest BCUT2D eigenvalue weighted by Crippen LogP contribution is 2.44. The molecule has 26 heavy (non-hydrogen) atoms. The number of fused-ring (bicyclic) bond motifs is 1. The van der Waals surface area contributed by atoms with Crippen molar-refractivity contribution in [1.29, 1.82) is 0 Å². The van der Waals surface area contributed by atoms with E-state index in [0.29, 0.717) is 27.5 Å². The number of carbonyl (C=O) groups is 1. The Balaban J connectivity index is 1.93. The van der Waals surface area contributed by atoms with E-state index in [9.17, 15) is 15.0 Å². The summed E-state index contributed by atoms with van der Waals surface area (Å²) in [6, 6.07) is 13.7. The van der Waals surface area contributed by atoms with Crippen LogP contribution in [0.25, 0.3) is 11.3 Å². The van der Waals surface area contributed by atoms with E-state index in [1.165, 1.54) is 0 Å². The number of phenolic OH excluding ortho intramolecular Hbond substituents is 1. The average molecular weight is 370 g/mol. The Bertz CT molecular complexity index is 986. The number of phenols is 1. The molecule has 1 aliphatic heterocycles. The molecule has 132 valence electrons. The van der Waals surface area contributed by atoms with Crippen LogP contribution in [0.4, 0.5) is 0 Å². The molecular weight excluding hydrogens is 354 g/mol. The summed E-state index contributed by atoms with van der Waals surface area (Å²) in [5.41, 5.74) is 2.90. The van der Waals surface area contributed by atoms with Gasteiger partial charge in [-0.05, 0) is 29.8 Å². The third-order valence-corrected chi connectivity index (χ3v) is 4.76. The van der Waals surface area contributed by atoms with Crippen molar-refractivity contribution in [3.63, 3.8) is 0 Å². The summed E-state index contributed by atoms with van der Waals surface area (Å²) < 4.78 is 0. The van der Waals surface area contributed by atoms with Crippen LogP contribution in [0, 0.1) is 0 Å². The first-order chi connectivity index (χ1) is 12.6. The predicted molar refractivity (Wildman–Crippen MR) is 97.1 cm³/mol. The van der Waals surface area contributed by atoms with E-state index in [-0.39, 0.29) is 24.8 Å². The molecule has 7 heteroatoms. The van der Waals surface area contributed by atoms with Gasteiger partial charge in [0.15, 0.2) is 0 Å². The molecular formula is C19H16ClN3O3. The standard InChI is InChI=1S/C19H16ClN3O3/c20-12-5-3-4-11(10-12)18-15-16(13-6-1-2-7-14(13)25)21-22-17(15)19(26)23(18)8-9-24/h1-7,10,18,24-25H,8-9H2,(H,21,22). The van der Waals surface area contributed by atoms with Gasteiger partial charge >= 0.3 is 0 Å². The molecule has 3 N–H and O–H groups in total. The average Bonchev–Trinajstić information content (AvgIpc) is 3.16. The molecule has 0 fully saturated rings. The fraction of sp³-hybridized carbons (Fsp3) is 0.158. The van der Waals surface area contributed by atoms with Crippen LogP contribution >= 0.6 is 11.6 Å². The third kappa shape index (κ3) is 2.55. The number of carbonyl (C=O) groups excluding carboxylic acids is 1. The number of para-hydroxylation sites is 1. The van der Waals surface area contributed by atoms with Crippen LogP contribution in [0.5, 0.6) is 5.75 Å². The van der Waals surface area contributed by atoms with Crippen molar-refractivity contribution in [2.75, 3.05) is 13.2 Å². The summed E-state index contributed by atoms with van der Waals surface area (Å²) in [7, 11) is 0. The number of rotatable bonds is 4. The van der Waals surface area contributed by atoms with Gasteiger partial charge in [-0.15, -0.1) is 0 Å². The van der Waals surface area contributed by atoms with Gasteiger partial charge in [-0.3, -0.25) is 9.89 Å². The number of benzene rings is 2. The zero-order chi connectivity index (χ0) is 18.3. The van der Waals surface area contributed by atoms with Crippen LogP contribution in [0.1, 0.15) is 27.7 Å². The molecule has 0 bridgehead atoms. The lowest BCUT2D eigenvalue weighted by molar-refractivity contribution is 0.0706. The molecule has 4 rings (SSSR count). The lowest BCUT2D eigenvalue weighted by Crippen LogP contribution is -2.32. The summed E-state index contributed by atoms with van der Waals surface area (Å²) in [4.78, 5) is 14.4. The Morgan fingerprint density at radius 3 is 2.73 bits per heavy atom. The molecule has 2 heterocycles. The zero-order valence-corrected chi connectivity index (χ0v) is 14.4. The highest BCUT2D eigenvalue weighted by atomic mass is 35.5. The molecule has 1 atom stereocenters. The van der Waals surface area contributed by atoms with Crippen LogP contribution < -0.4 is 0 Å². The van der Waals surface area contributed by atoms with E-state index < -0.39 is 6.04 Å². The van der Waals surface area contributed by atoms with Crippen LogP contribution in [-0.4, -0.2) is 44.4 Å². The van der Waals surface area contributed by atoms with Crippen molar-refractivity contribution in [1.82, 2.24) is 15.1 Å². The maximum atomic E-state index is 12.8. The third-order valence-electron chi connectivity index (χ3n) is 4.53. The van der Waals surface area contributed by atoms with Crippen molar-refractivity contribution in [3.8, 4) is 17.0 Å². The van der Waals surface area contributed by atoms with Crippen molar-refractivity contribution < 1.29 is 15.0 Å². The van der Waals surface area contributed by atoms with Gasteiger partial charge in [0.05, 0.1) is 12.6 Å². The second kappa shape index (κ2) is 6.48. The summed E-state index contributed by atoms with van der Waals surface area (Å²) in [5, 5.41) is 27.3. The number of amides is 1. The topological polar surface area (TPSA) is 89.5 Å². The van der Waals surface area contributed by atoms with E-state index in [1.54, 1.807) is 41.3 Å². The summed E-state index contributed by atoms with van der Waals surface area (Å²) >= 11 is 6.15. The maximum Gasteiger partial charge on any atom is 0.273 e. The number of hydrogen-bond donors (Lipinski definition) is 3. The number of aliphatic hydroxyl groups excluding tert-OH is 1. The fourth-order valence-corrected chi connectivity index (χ4v) is 3.64. The summed E-state index contributed by atoms with van der Waals surface area (Å²) in [5.74, 6) is -0.159. The first-order valence-electron chi connectivity index (χ1n) is 8.15. The minimum absolute atomic E-state index is 0.0831. The highest BCUT2D eigenvalue weighted by Gasteiger charge is 2.42. The molecule has 1 aromatic heterocycles. The van der Waals surface area contributed by atoms with Gasteiger partial charge in [0.2, 0.25) is 0 Å². The highest BCUT2D eigenvalue weighted by molar-refractivity contribution is 6.30. The number of halogens is 1. The van der Waals surface area contributed by atoms with Gasteiger partial charge in [0.1, 0.15) is 17.1 Å². The molecule has 1 unspecified atom stereocenters. The van der Waals surface area contributed by atoms with Crippen molar-refractivity contribution in [2.45, 2.75) is 6.04 Å². The molecule has 6 nitrogen and oxygen atoms in total. The van der Waals surface area contributed by atoms with Gasteiger partial charge < -0.3 is 15.1 Å². The van der Waals surface area contributed by atoms with Crippen LogP contribution in [-0.2, 0) is 0 Å². The molecule has 0 spiro atoms. The number of hydrogen-bond acceptors (Lipinski definition) is 4. The second-order valence-corrected chi connectivity index (χ2v) is 6.49. The number of aromatic nitrogens is 2. The Labute approximate surface area is 154 Å². The van der Waals surface area contributed by atoms with Gasteiger partial charge in [-0.2, -0.15) is 5.10 Å². The van der Waals surface area contributed by atoms with Crippen LogP contribution in [0.15, 0.2) is 48.5 Å². The van der Waals surface area contributed by atoms with E-state index >= 15 is 0 Å². The monoisotopic (exact) mass is 369 g/mol. The smallest absolute Gasteiger partial charge is 0.273 e. The Kier molecular flexibility index (Phi) is 4.14. The molecule has 0 saturated carbocycles. The van der Waals surface area contributed by atoms with Crippen LogP contribution in [0.2, 0.25) is 5.02 Å².